The standard InChI is InChI=1S/C26H35N5O5S/c1-5-21(25-20-16-23(35-2)24(36-3)17-22(20)29-26(25)32)28-18-6-8-19(9-7-18)31(37(4,33)34)15-14-30-12-10-27-11-13-30/h6-9,16-17,27-28H,5,10-15H2,1-4H3,(H,29,32)/b25-21-. The van der Waals surface area contributed by atoms with Gasteiger partial charge in [-0.2, -0.15) is 0 Å². The van der Waals surface area contributed by atoms with E-state index in [1.807, 2.05) is 19.1 Å². The van der Waals surface area contributed by atoms with Crippen molar-refractivity contribution >= 4 is 38.6 Å². The molecule has 200 valence electrons. The molecule has 0 atom stereocenters. The number of fused-ring (bicyclic) bond motifs is 1. The molecule has 0 saturated carbocycles. The fourth-order valence-corrected chi connectivity index (χ4v) is 5.58. The molecule has 1 amide bonds. The van der Waals surface area contributed by atoms with Crippen molar-refractivity contribution in [2.24, 2.45) is 0 Å². The van der Waals surface area contributed by atoms with E-state index in [1.165, 1.54) is 10.6 Å². The molecular formula is C26H35N5O5S. The molecule has 0 bridgehead atoms. The van der Waals surface area contributed by atoms with Crippen molar-refractivity contribution in [3.63, 3.8) is 0 Å². The zero-order valence-corrected chi connectivity index (χ0v) is 22.6. The fraction of sp³-hybridized carbons (Fsp3) is 0.423. The Morgan fingerprint density at radius 3 is 2.32 bits per heavy atom. The first-order valence-corrected chi connectivity index (χ1v) is 14.2. The van der Waals surface area contributed by atoms with Gasteiger partial charge in [0.15, 0.2) is 11.5 Å². The predicted molar refractivity (Wildman–Crippen MR) is 147 cm³/mol. The molecule has 0 spiro atoms. The number of nitrogens with one attached hydrogen (secondary N) is 3. The molecule has 37 heavy (non-hydrogen) atoms. The second-order valence-corrected chi connectivity index (χ2v) is 10.9. The average Bonchev–Trinajstić information content (AvgIpc) is 3.21. The first-order chi connectivity index (χ1) is 17.7. The van der Waals surface area contributed by atoms with Crippen molar-refractivity contribution in [1.82, 2.24) is 10.2 Å². The Labute approximate surface area is 218 Å². The summed E-state index contributed by atoms with van der Waals surface area (Å²) >= 11 is 0. The second-order valence-electron chi connectivity index (χ2n) is 9.01. The minimum Gasteiger partial charge on any atom is -0.493 e. The van der Waals surface area contributed by atoms with E-state index in [9.17, 15) is 13.2 Å². The third kappa shape index (κ3) is 6.00. The van der Waals surface area contributed by atoms with Crippen LogP contribution >= 0.6 is 0 Å². The largest absolute Gasteiger partial charge is 0.493 e. The number of piperazine rings is 1. The zero-order chi connectivity index (χ0) is 26.6. The van der Waals surface area contributed by atoms with Gasteiger partial charge in [-0.1, -0.05) is 6.92 Å². The molecule has 2 aromatic rings. The van der Waals surface area contributed by atoms with Gasteiger partial charge in [0.05, 0.1) is 37.4 Å². The number of nitrogens with zero attached hydrogens (tertiary/aromatic N) is 2. The average molecular weight is 530 g/mol. The number of hydrogen-bond donors (Lipinski definition) is 3. The number of amides is 1. The van der Waals surface area contributed by atoms with E-state index in [0.29, 0.717) is 48.0 Å². The zero-order valence-electron chi connectivity index (χ0n) is 21.8. The van der Waals surface area contributed by atoms with Crippen LogP contribution in [0, 0.1) is 0 Å². The van der Waals surface area contributed by atoms with Gasteiger partial charge in [-0.05, 0) is 36.8 Å². The third-order valence-electron chi connectivity index (χ3n) is 6.60. The van der Waals surface area contributed by atoms with E-state index in [2.05, 4.69) is 20.9 Å². The van der Waals surface area contributed by atoms with Gasteiger partial charge >= 0.3 is 0 Å². The summed E-state index contributed by atoms with van der Waals surface area (Å²) in [5.41, 5.74) is 4.04. The van der Waals surface area contributed by atoms with Crippen LogP contribution in [0.25, 0.3) is 5.57 Å². The minimum absolute atomic E-state index is 0.206. The molecule has 2 aromatic carbocycles. The molecular weight excluding hydrogens is 494 g/mol. The van der Waals surface area contributed by atoms with Crippen molar-refractivity contribution in [1.29, 1.82) is 0 Å². The van der Waals surface area contributed by atoms with E-state index in [1.54, 1.807) is 38.5 Å². The summed E-state index contributed by atoms with van der Waals surface area (Å²) in [4.78, 5) is 15.2. The Hall–Kier alpha value is -3.28. The van der Waals surface area contributed by atoms with Gasteiger partial charge in [0.2, 0.25) is 10.0 Å². The predicted octanol–water partition coefficient (Wildman–Crippen LogP) is 2.56. The van der Waals surface area contributed by atoms with Crippen LogP contribution in [-0.2, 0) is 14.8 Å². The van der Waals surface area contributed by atoms with Crippen molar-refractivity contribution in [2.45, 2.75) is 13.3 Å². The van der Waals surface area contributed by atoms with Gasteiger partial charge < -0.3 is 25.4 Å². The summed E-state index contributed by atoms with van der Waals surface area (Å²) in [5.74, 6) is 0.871. The van der Waals surface area contributed by atoms with Crippen LogP contribution in [0.1, 0.15) is 18.9 Å². The number of sulfonamides is 1. The number of ether oxygens (including phenoxy) is 2. The number of carbonyl (C=O) groups excluding carboxylic acids is 1. The molecule has 0 unspecified atom stereocenters. The minimum atomic E-state index is -3.44. The maximum Gasteiger partial charge on any atom is 0.258 e. The number of anilines is 3. The number of benzene rings is 2. The molecule has 2 aliphatic rings. The van der Waals surface area contributed by atoms with Gasteiger partial charge in [-0.25, -0.2) is 8.42 Å². The Morgan fingerprint density at radius 1 is 1.08 bits per heavy atom. The van der Waals surface area contributed by atoms with E-state index < -0.39 is 10.0 Å². The van der Waals surface area contributed by atoms with Crippen molar-refractivity contribution in [3.05, 3.63) is 47.7 Å². The SMILES string of the molecule is CC/C(Nc1ccc(N(CCN2CCNCC2)S(C)(=O)=O)cc1)=C1/C(=O)Nc2cc(OC)c(OC)cc21. The van der Waals surface area contributed by atoms with Crippen LogP contribution in [0.15, 0.2) is 42.1 Å². The van der Waals surface area contributed by atoms with Crippen molar-refractivity contribution in [2.75, 3.05) is 74.7 Å². The molecule has 3 N–H and O–H groups in total. The number of allylic oxidation sites excluding steroid dienone is 1. The molecule has 11 heteroatoms. The molecule has 1 fully saturated rings. The van der Waals surface area contributed by atoms with E-state index in [4.69, 9.17) is 9.47 Å². The van der Waals surface area contributed by atoms with Crippen LogP contribution in [0.3, 0.4) is 0 Å². The molecule has 4 rings (SSSR count). The summed E-state index contributed by atoms with van der Waals surface area (Å²) in [6, 6.07) is 10.8. The quantitative estimate of drug-likeness (QED) is 0.403. The summed E-state index contributed by atoms with van der Waals surface area (Å²) in [6.45, 7) is 6.67. The van der Waals surface area contributed by atoms with Gasteiger partial charge in [0, 0.05) is 62.3 Å². The summed E-state index contributed by atoms with van der Waals surface area (Å²) in [7, 11) is -0.330. The van der Waals surface area contributed by atoms with E-state index >= 15 is 0 Å². The van der Waals surface area contributed by atoms with E-state index in [-0.39, 0.29) is 5.91 Å². The molecule has 2 aliphatic heterocycles. The summed E-state index contributed by atoms with van der Waals surface area (Å²) in [6.07, 6.45) is 1.81. The molecule has 1 saturated heterocycles. The van der Waals surface area contributed by atoms with Crippen LogP contribution in [0.5, 0.6) is 11.5 Å². The molecule has 0 radical (unpaired) electrons. The van der Waals surface area contributed by atoms with Gasteiger partial charge in [-0.3, -0.25) is 14.0 Å². The van der Waals surface area contributed by atoms with Crippen LogP contribution < -0.4 is 29.7 Å². The number of rotatable bonds is 10. The smallest absolute Gasteiger partial charge is 0.258 e. The van der Waals surface area contributed by atoms with Crippen molar-refractivity contribution < 1.29 is 22.7 Å². The summed E-state index contributed by atoms with van der Waals surface area (Å²) in [5, 5.41) is 9.57. The Bertz CT molecular complexity index is 1270. The molecule has 0 aromatic heterocycles. The van der Waals surface area contributed by atoms with Crippen molar-refractivity contribution in [3.8, 4) is 11.5 Å². The second kappa shape index (κ2) is 11.4. The highest BCUT2D eigenvalue weighted by molar-refractivity contribution is 7.92. The van der Waals surface area contributed by atoms with Crippen LogP contribution in [-0.4, -0.2) is 79.0 Å². The van der Waals surface area contributed by atoms with Crippen LogP contribution in [0.2, 0.25) is 0 Å². The molecule has 0 aliphatic carbocycles. The topological polar surface area (TPSA) is 112 Å². The Morgan fingerprint density at radius 2 is 1.73 bits per heavy atom. The lowest BCUT2D eigenvalue weighted by atomic mass is 10.0. The fourth-order valence-electron chi connectivity index (χ4n) is 4.66. The molecule has 2 heterocycles. The normalized spacial score (nSPS) is 17.1. The first-order valence-electron chi connectivity index (χ1n) is 12.3. The lowest BCUT2D eigenvalue weighted by Gasteiger charge is -2.30. The lowest BCUT2D eigenvalue weighted by molar-refractivity contribution is -0.110. The lowest BCUT2D eigenvalue weighted by Crippen LogP contribution is -2.47. The highest BCUT2D eigenvalue weighted by atomic mass is 32.2. The Kier molecular flexibility index (Phi) is 8.25. The maximum atomic E-state index is 12.9. The highest BCUT2D eigenvalue weighted by Crippen LogP contribution is 2.42. The van der Waals surface area contributed by atoms with Gasteiger partial charge in [0.1, 0.15) is 0 Å². The number of methoxy groups -OCH3 is 2. The Balaban J connectivity index is 1.56. The van der Waals surface area contributed by atoms with Gasteiger partial charge in [-0.15, -0.1) is 0 Å². The summed E-state index contributed by atoms with van der Waals surface area (Å²) < 4.78 is 37.3. The monoisotopic (exact) mass is 529 g/mol. The van der Waals surface area contributed by atoms with Gasteiger partial charge in [0.25, 0.3) is 5.91 Å². The third-order valence-corrected chi connectivity index (χ3v) is 7.80. The molecule has 10 nitrogen and oxygen atoms in total. The number of hydrogen-bond acceptors (Lipinski definition) is 8. The highest BCUT2D eigenvalue weighted by Gasteiger charge is 2.29. The van der Waals surface area contributed by atoms with Crippen LogP contribution in [0.4, 0.5) is 17.1 Å². The van der Waals surface area contributed by atoms with E-state index in [0.717, 1.165) is 43.1 Å². The number of carbonyl (C=O) groups is 1. The first kappa shape index (κ1) is 26.8. The maximum absolute atomic E-state index is 12.9.